The number of phenolic OH excluding ortho intramolecular Hbond substituents is 2. The number of hydrogen-bond donors (Lipinski definition) is 2. The Balaban J connectivity index is 2.13. The number of hydrogen-bond acceptors (Lipinski definition) is 6. The van der Waals surface area contributed by atoms with Crippen molar-refractivity contribution in [3.63, 3.8) is 0 Å². The van der Waals surface area contributed by atoms with Crippen molar-refractivity contribution in [2.45, 2.75) is 25.3 Å². The highest BCUT2D eigenvalue weighted by Gasteiger charge is 2.36. The van der Waals surface area contributed by atoms with Crippen LogP contribution < -0.4 is 14.2 Å². The SMILES string of the molecule is COc1cc2c(c(O)c1OC)-c1c(OC)c(O)cc3c1C(CC2)N(C)CC3. The minimum absolute atomic E-state index is 0.0202. The molecular formula is C21H25NO5. The molecule has 2 aliphatic rings. The maximum atomic E-state index is 11.1. The predicted molar refractivity (Wildman–Crippen MR) is 102 cm³/mol. The summed E-state index contributed by atoms with van der Waals surface area (Å²) < 4.78 is 16.4. The number of aryl methyl sites for hydroxylation is 1. The van der Waals surface area contributed by atoms with E-state index in [1.54, 1.807) is 20.3 Å². The minimum Gasteiger partial charge on any atom is -0.504 e. The van der Waals surface area contributed by atoms with E-state index in [0.717, 1.165) is 48.1 Å². The fraction of sp³-hybridized carbons (Fsp3) is 0.429. The van der Waals surface area contributed by atoms with Crippen molar-refractivity contribution in [1.29, 1.82) is 0 Å². The van der Waals surface area contributed by atoms with E-state index < -0.39 is 0 Å². The number of fused-ring (bicyclic) bond motifs is 2. The molecule has 2 aromatic rings. The van der Waals surface area contributed by atoms with Gasteiger partial charge in [0.05, 0.1) is 21.3 Å². The van der Waals surface area contributed by atoms with Gasteiger partial charge in [-0.25, -0.2) is 0 Å². The van der Waals surface area contributed by atoms with Crippen LogP contribution in [-0.2, 0) is 12.8 Å². The summed E-state index contributed by atoms with van der Waals surface area (Å²) >= 11 is 0. The van der Waals surface area contributed by atoms with Crippen LogP contribution in [0, 0.1) is 0 Å². The van der Waals surface area contributed by atoms with Gasteiger partial charge in [-0.1, -0.05) is 0 Å². The maximum absolute atomic E-state index is 11.1. The Kier molecular flexibility index (Phi) is 4.30. The molecule has 6 heteroatoms. The number of nitrogens with zero attached hydrogens (tertiary/aromatic N) is 1. The van der Waals surface area contributed by atoms with E-state index in [4.69, 9.17) is 14.2 Å². The van der Waals surface area contributed by atoms with Gasteiger partial charge >= 0.3 is 0 Å². The Hall–Kier alpha value is -2.60. The van der Waals surface area contributed by atoms with Crippen molar-refractivity contribution < 1.29 is 24.4 Å². The van der Waals surface area contributed by atoms with Gasteiger partial charge < -0.3 is 24.4 Å². The number of phenols is 2. The van der Waals surface area contributed by atoms with Gasteiger partial charge in [0.2, 0.25) is 5.75 Å². The van der Waals surface area contributed by atoms with E-state index in [1.807, 2.05) is 6.07 Å². The van der Waals surface area contributed by atoms with Crippen LogP contribution in [0.25, 0.3) is 11.1 Å². The molecule has 0 spiro atoms. The zero-order valence-corrected chi connectivity index (χ0v) is 16.1. The highest BCUT2D eigenvalue weighted by atomic mass is 16.5. The predicted octanol–water partition coefficient (Wildman–Crippen LogP) is 3.27. The number of benzene rings is 2. The molecule has 0 saturated carbocycles. The molecule has 0 fully saturated rings. The molecule has 1 aliphatic heterocycles. The van der Waals surface area contributed by atoms with Crippen LogP contribution in [0.15, 0.2) is 12.1 Å². The van der Waals surface area contributed by atoms with Gasteiger partial charge in [-0.05, 0) is 55.1 Å². The lowest BCUT2D eigenvalue weighted by Crippen LogP contribution is -2.32. The first kappa shape index (κ1) is 17.8. The highest BCUT2D eigenvalue weighted by Crippen LogP contribution is 2.56. The van der Waals surface area contributed by atoms with E-state index >= 15 is 0 Å². The second-order valence-corrected chi connectivity index (χ2v) is 7.16. The number of rotatable bonds is 3. The number of ether oxygens (including phenoxy) is 3. The maximum Gasteiger partial charge on any atom is 0.203 e. The number of aromatic hydroxyl groups is 2. The monoisotopic (exact) mass is 371 g/mol. The van der Waals surface area contributed by atoms with Crippen molar-refractivity contribution in [1.82, 2.24) is 4.90 Å². The first-order valence-corrected chi connectivity index (χ1v) is 9.11. The van der Waals surface area contributed by atoms with Crippen molar-refractivity contribution in [2.75, 3.05) is 34.9 Å². The molecule has 27 heavy (non-hydrogen) atoms. The summed E-state index contributed by atoms with van der Waals surface area (Å²) in [4.78, 5) is 2.33. The van der Waals surface area contributed by atoms with Gasteiger partial charge in [0.15, 0.2) is 23.0 Å². The molecule has 0 radical (unpaired) electrons. The Morgan fingerprint density at radius 2 is 1.67 bits per heavy atom. The molecule has 144 valence electrons. The Labute approximate surface area is 158 Å². The third-order valence-electron chi connectivity index (χ3n) is 5.85. The summed E-state index contributed by atoms with van der Waals surface area (Å²) in [5.74, 6) is 1.29. The van der Waals surface area contributed by atoms with Gasteiger partial charge in [-0.15, -0.1) is 0 Å². The average molecular weight is 371 g/mol. The Morgan fingerprint density at radius 1 is 0.926 bits per heavy atom. The summed E-state index contributed by atoms with van der Waals surface area (Å²) in [6.45, 7) is 0.928. The number of likely N-dealkylation sites (N-methyl/N-ethyl adjacent to an activating group) is 1. The van der Waals surface area contributed by atoms with Crippen LogP contribution in [-0.4, -0.2) is 50.0 Å². The summed E-state index contributed by atoms with van der Waals surface area (Å²) in [5, 5.41) is 21.7. The van der Waals surface area contributed by atoms with Crippen LogP contribution >= 0.6 is 0 Å². The summed E-state index contributed by atoms with van der Waals surface area (Å²) in [5.41, 5.74) is 4.61. The molecule has 2 N–H and O–H groups in total. The Bertz CT molecular complexity index is 908. The third-order valence-corrected chi connectivity index (χ3v) is 5.85. The highest BCUT2D eigenvalue weighted by molar-refractivity contribution is 5.88. The summed E-state index contributed by atoms with van der Waals surface area (Å²) in [6, 6.07) is 3.92. The molecule has 6 nitrogen and oxygen atoms in total. The molecule has 0 aromatic heterocycles. The minimum atomic E-state index is 0.0202. The molecular weight excluding hydrogens is 346 g/mol. The third kappa shape index (κ3) is 2.51. The summed E-state index contributed by atoms with van der Waals surface area (Å²) in [6.07, 6.45) is 2.53. The van der Waals surface area contributed by atoms with Crippen LogP contribution in [0.1, 0.15) is 29.2 Å². The molecule has 0 bridgehead atoms. The molecule has 1 unspecified atom stereocenters. The second-order valence-electron chi connectivity index (χ2n) is 7.16. The first-order chi connectivity index (χ1) is 13.0. The topological polar surface area (TPSA) is 71.4 Å². The zero-order chi connectivity index (χ0) is 19.3. The molecule has 4 rings (SSSR count). The quantitative estimate of drug-likeness (QED) is 0.863. The summed E-state index contributed by atoms with van der Waals surface area (Å²) in [7, 11) is 6.73. The molecule has 1 atom stereocenters. The lowest BCUT2D eigenvalue weighted by atomic mass is 9.85. The van der Waals surface area contributed by atoms with Crippen LogP contribution in [0.3, 0.4) is 0 Å². The van der Waals surface area contributed by atoms with Crippen LogP contribution in [0.2, 0.25) is 0 Å². The van der Waals surface area contributed by atoms with Gasteiger partial charge in [-0.3, -0.25) is 4.90 Å². The lowest BCUT2D eigenvalue weighted by Gasteiger charge is -2.35. The van der Waals surface area contributed by atoms with Crippen LogP contribution in [0.4, 0.5) is 0 Å². The van der Waals surface area contributed by atoms with Crippen molar-refractivity contribution in [3.05, 3.63) is 28.8 Å². The largest absolute Gasteiger partial charge is 0.504 e. The van der Waals surface area contributed by atoms with Crippen molar-refractivity contribution >= 4 is 0 Å². The van der Waals surface area contributed by atoms with E-state index in [-0.39, 0.29) is 23.3 Å². The van der Waals surface area contributed by atoms with Crippen molar-refractivity contribution in [2.24, 2.45) is 0 Å². The van der Waals surface area contributed by atoms with E-state index in [9.17, 15) is 10.2 Å². The molecule has 2 aromatic carbocycles. The van der Waals surface area contributed by atoms with Gasteiger partial charge in [0.1, 0.15) is 0 Å². The number of methoxy groups -OCH3 is 3. The van der Waals surface area contributed by atoms with Gasteiger partial charge in [-0.2, -0.15) is 0 Å². The standard InChI is InChI=1S/C21H25NO5/c1-22-8-7-12-9-14(23)20(26-3)18-16(12)13(22)6-5-11-10-15(25-2)21(27-4)19(24)17(11)18/h9-10,13,23-24H,5-8H2,1-4H3. The van der Waals surface area contributed by atoms with E-state index in [2.05, 4.69) is 11.9 Å². The second kappa shape index (κ2) is 6.53. The van der Waals surface area contributed by atoms with E-state index in [1.165, 1.54) is 7.11 Å². The van der Waals surface area contributed by atoms with Gasteiger partial charge in [0.25, 0.3) is 0 Å². The average Bonchev–Trinajstić information content (AvgIpc) is 2.83. The normalized spacial score (nSPS) is 18.3. The smallest absolute Gasteiger partial charge is 0.203 e. The van der Waals surface area contributed by atoms with Gasteiger partial charge in [0, 0.05) is 23.7 Å². The van der Waals surface area contributed by atoms with Crippen molar-refractivity contribution in [3.8, 4) is 39.9 Å². The lowest BCUT2D eigenvalue weighted by molar-refractivity contribution is 0.220. The molecule has 0 saturated heterocycles. The molecule has 1 heterocycles. The Morgan fingerprint density at radius 3 is 2.33 bits per heavy atom. The fourth-order valence-corrected chi connectivity index (χ4v) is 4.59. The molecule has 0 amide bonds. The van der Waals surface area contributed by atoms with Crippen LogP contribution in [0.5, 0.6) is 28.7 Å². The fourth-order valence-electron chi connectivity index (χ4n) is 4.59. The zero-order valence-electron chi connectivity index (χ0n) is 16.1. The molecule has 1 aliphatic carbocycles. The van der Waals surface area contributed by atoms with E-state index in [0.29, 0.717) is 17.1 Å². The first-order valence-electron chi connectivity index (χ1n) is 9.11.